The highest BCUT2D eigenvalue weighted by molar-refractivity contribution is 5.75. The molecule has 128 valence electrons. The highest BCUT2D eigenvalue weighted by atomic mass is 19.3. The molecule has 2 rings (SSSR count). The molecule has 0 saturated carbocycles. The van der Waals surface area contributed by atoms with Crippen LogP contribution in [0.25, 0.3) is 0 Å². The third-order valence-electron chi connectivity index (χ3n) is 3.67. The molecule has 1 aliphatic rings. The summed E-state index contributed by atoms with van der Waals surface area (Å²) in [5, 5.41) is 2.14. The summed E-state index contributed by atoms with van der Waals surface area (Å²) in [6.07, 6.45) is -0.428. The number of amides is 2. The van der Waals surface area contributed by atoms with Gasteiger partial charge in [-0.3, -0.25) is 4.98 Å². The number of nitrogens with one attached hydrogen (secondary N) is 1. The van der Waals surface area contributed by atoms with Gasteiger partial charge >= 0.3 is 6.03 Å². The van der Waals surface area contributed by atoms with Crippen molar-refractivity contribution in [2.45, 2.75) is 30.9 Å². The minimum absolute atomic E-state index is 0.318. The number of hydrogen-bond donors (Lipinski definition) is 1. The van der Waals surface area contributed by atoms with Gasteiger partial charge in [0.15, 0.2) is 0 Å². The van der Waals surface area contributed by atoms with Crippen LogP contribution in [0.5, 0.6) is 0 Å². The maximum Gasteiger partial charge on any atom is 0.318 e. The van der Waals surface area contributed by atoms with Crippen molar-refractivity contribution in [1.29, 1.82) is 0 Å². The smallest absolute Gasteiger partial charge is 0.318 e. The average Bonchev–Trinajstić information content (AvgIpc) is 2.83. The van der Waals surface area contributed by atoms with E-state index in [9.17, 15) is 22.4 Å². The third kappa shape index (κ3) is 4.31. The fraction of sp³-hybridized carbons (Fsp3) is 0.571. The number of carbonyl (C=O) groups is 1. The van der Waals surface area contributed by atoms with E-state index in [4.69, 9.17) is 0 Å². The molecule has 1 aliphatic heterocycles. The van der Waals surface area contributed by atoms with Gasteiger partial charge in [0.1, 0.15) is 12.6 Å². The minimum Gasteiger partial charge on any atom is -0.373 e. The van der Waals surface area contributed by atoms with E-state index in [0.717, 1.165) is 4.90 Å². The predicted octanol–water partition coefficient (Wildman–Crippen LogP) is 2.45. The van der Waals surface area contributed by atoms with Crippen molar-refractivity contribution in [3.8, 4) is 0 Å². The lowest BCUT2D eigenvalue weighted by Crippen LogP contribution is -2.51. The van der Waals surface area contributed by atoms with Crippen LogP contribution >= 0.6 is 0 Å². The lowest BCUT2D eigenvalue weighted by Gasteiger charge is -2.30. The molecule has 1 N–H and O–H groups in total. The fourth-order valence-electron chi connectivity index (χ4n) is 2.35. The van der Waals surface area contributed by atoms with E-state index in [1.807, 2.05) is 0 Å². The summed E-state index contributed by atoms with van der Waals surface area (Å²) < 4.78 is 57.2. The monoisotopic (exact) mass is 335 g/mol. The molecule has 0 radical (unpaired) electrons. The van der Waals surface area contributed by atoms with Crippen molar-refractivity contribution in [3.05, 3.63) is 30.1 Å². The summed E-state index contributed by atoms with van der Waals surface area (Å²) in [5.74, 6) is -3.18. The molecule has 1 saturated heterocycles. The van der Waals surface area contributed by atoms with E-state index in [2.05, 4.69) is 15.0 Å². The Balaban J connectivity index is 2.10. The van der Waals surface area contributed by atoms with Crippen LogP contribution in [0.3, 0.4) is 0 Å². The van der Waals surface area contributed by atoms with E-state index < -0.39 is 43.5 Å². The highest BCUT2D eigenvalue weighted by Gasteiger charge is 2.46. The summed E-state index contributed by atoms with van der Waals surface area (Å²) in [6.45, 7) is -1.09. The van der Waals surface area contributed by atoms with Gasteiger partial charge < -0.3 is 15.0 Å². The Bertz CT molecular complexity index is 530. The molecule has 2 atom stereocenters. The summed E-state index contributed by atoms with van der Waals surface area (Å²) >= 11 is 0. The first kappa shape index (κ1) is 17.5. The Hall–Kier alpha value is -1.90. The number of aromatic nitrogens is 1. The van der Waals surface area contributed by atoms with E-state index >= 15 is 0 Å². The van der Waals surface area contributed by atoms with Crippen molar-refractivity contribution < 1.29 is 27.1 Å². The number of carbonyl (C=O) groups excluding carboxylic acids is 1. The Morgan fingerprint density at radius 2 is 2.13 bits per heavy atom. The van der Waals surface area contributed by atoms with Gasteiger partial charge in [0, 0.05) is 25.9 Å². The maximum atomic E-state index is 13.5. The van der Waals surface area contributed by atoms with Gasteiger partial charge in [-0.2, -0.15) is 0 Å². The second-order valence-corrected chi connectivity index (χ2v) is 5.31. The molecule has 1 aromatic rings. The number of rotatable bonds is 5. The number of ether oxygens (including phenoxy) is 1. The van der Waals surface area contributed by atoms with Crippen LogP contribution < -0.4 is 5.32 Å². The summed E-state index contributed by atoms with van der Waals surface area (Å²) in [6, 6.07) is -0.271. The molecule has 0 aliphatic carbocycles. The number of halogens is 4. The Labute approximate surface area is 130 Å². The zero-order valence-electron chi connectivity index (χ0n) is 12.4. The van der Waals surface area contributed by atoms with Crippen LogP contribution in [-0.4, -0.2) is 54.6 Å². The SMILES string of the molecule is CN(C(=O)N[C@@H]1COCC1(F)F)[C@@H](CC(F)F)c1ccncc1. The number of urea groups is 1. The number of pyridine rings is 1. The summed E-state index contributed by atoms with van der Waals surface area (Å²) in [7, 11) is 1.29. The molecule has 1 aromatic heterocycles. The van der Waals surface area contributed by atoms with E-state index in [-0.39, 0.29) is 6.61 Å². The average molecular weight is 335 g/mol. The third-order valence-corrected chi connectivity index (χ3v) is 3.67. The van der Waals surface area contributed by atoms with Crippen LogP contribution in [0.15, 0.2) is 24.5 Å². The molecular formula is C14H17F4N3O2. The molecule has 2 heterocycles. The lowest BCUT2D eigenvalue weighted by molar-refractivity contribution is -0.0226. The fourth-order valence-corrected chi connectivity index (χ4v) is 2.35. The molecule has 0 spiro atoms. The first-order valence-electron chi connectivity index (χ1n) is 6.98. The van der Waals surface area contributed by atoms with Crippen molar-refractivity contribution in [3.63, 3.8) is 0 Å². The first-order chi connectivity index (χ1) is 10.8. The van der Waals surface area contributed by atoms with Crippen LogP contribution in [0.2, 0.25) is 0 Å². The molecule has 0 aromatic carbocycles. The lowest BCUT2D eigenvalue weighted by atomic mass is 10.0. The van der Waals surface area contributed by atoms with E-state index in [1.54, 1.807) is 0 Å². The van der Waals surface area contributed by atoms with Gasteiger partial charge in [0.2, 0.25) is 6.43 Å². The van der Waals surface area contributed by atoms with Crippen molar-refractivity contribution in [1.82, 2.24) is 15.2 Å². The second kappa shape index (κ2) is 7.12. The maximum absolute atomic E-state index is 13.5. The molecule has 0 bridgehead atoms. The zero-order valence-corrected chi connectivity index (χ0v) is 12.4. The molecular weight excluding hydrogens is 318 g/mol. The quantitative estimate of drug-likeness (QED) is 0.841. The van der Waals surface area contributed by atoms with Crippen molar-refractivity contribution >= 4 is 6.03 Å². The van der Waals surface area contributed by atoms with Gasteiger partial charge in [0.25, 0.3) is 5.92 Å². The number of alkyl halides is 4. The molecule has 5 nitrogen and oxygen atoms in total. The van der Waals surface area contributed by atoms with Gasteiger partial charge in [-0.25, -0.2) is 22.4 Å². The first-order valence-corrected chi connectivity index (χ1v) is 6.98. The van der Waals surface area contributed by atoms with Gasteiger partial charge in [-0.05, 0) is 17.7 Å². The topological polar surface area (TPSA) is 54.5 Å². The Kier molecular flexibility index (Phi) is 5.40. The van der Waals surface area contributed by atoms with Crippen LogP contribution in [0.1, 0.15) is 18.0 Å². The van der Waals surface area contributed by atoms with Gasteiger partial charge in [-0.15, -0.1) is 0 Å². The van der Waals surface area contributed by atoms with E-state index in [0.29, 0.717) is 5.56 Å². The second-order valence-electron chi connectivity index (χ2n) is 5.31. The van der Waals surface area contributed by atoms with Crippen molar-refractivity contribution in [2.24, 2.45) is 0 Å². The van der Waals surface area contributed by atoms with Crippen molar-refractivity contribution in [2.75, 3.05) is 20.3 Å². The largest absolute Gasteiger partial charge is 0.373 e. The van der Waals surface area contributed by atoms with Crippen LogP contribution in [0, 0.1) is 0 Å². The van der Waals surface area contributed by atoms with Gasteiger partial charge in [0.05, 0.1) is 12.6 Å². The Morgan fingerprint density at radius 3 is 2.65 bits per heavy atom. The zero-order chi connectivity index (χ0) is 17.0. The molecule has 0 unspecified atom stereocenters. The number of hydrogen-bond acceptors (Lipinski definition) is 3. The number of nitrogens with zero attached hydrogens (tertiary/aromatic N) is 2. The molecule has 23 heavy (non-hydrogen) atoms. The standard InChI is InChI=1S/C14H17F4N3O2/c1-21(13(22)20-11-7-23-8-14(11,17)18)10(6-12(15)16)9-2-4-19-5-3-9/h2-5,10-12H,6-8H2,1H3,(H,20,22)/t10-,11+/m0/s1. The molecule has 9 heteroatoms. The van der Waals surface area contributed by atoms with E-state index in [1.165, 1.54) is 31.6 Å². The van der Waals surface area contributed by atoms with Crippen LogP contribution in [0.4, 0.5) is 22.4 Å². The Morgan fingerprint density at radius 1 is 1.48 bits per heavy atom. The normalized spacial score (nSPS) is 21.2. The summed E-state index contributed by atoms with van der Waals surface area (Å²) in [5.41, 5.74) is 0.451. The van der Waals surface area contributed by atoms with Crippen LogP contribution in [-0.2, 0) is 4.74 Å². The van der Waals surface area contributed by atoms with Gasteiger partial charge in [-0.1, -0.05) is 0 Å². The minimum atomic E-state index is -3.18. The predicted molar refractivity (Wildman–Crippen MR) is 73.4 cm³/mol. The highest BCUT2D eigenvalue weighted by Crippen LogP contribution is 2.28. The molecule has 1 fully saturated rings. The molecule has 2 amide bonds. The summed E-state index contributed by atoms with van der Waals surface area (Å²) in [4.78, 5) is 16.9.